The van der Waals surface area contributed by atoms with E-state index in [0.29, 0.717) is 11.7 Å². The molecule has 1 N–H and O–H groups in total. The maximum atomic E-state index is 13.0. The summed E-state index contributed by atoms with van der Waals surface area (Å²) in [5.74, 6) is 1.00. The van der Waals surface area contributed by atoms with Crippen molar-refractivity contribution in [2.75, 3.05) is 26.7 Å². The van der Waals surface area contributed by atoms with Gasteiger partial charge in [-0.15, -0.1) is 11.3 Å². The SMILES string of the molecule is CN1CCNCC1c1noc(-c2ccc(-c3ccc(F)cc3)s2)n1. The van der Waals surface area contributed by atoms with Crippen LogP contribution < -0.4 is 5.32 Å². The molecule has 1 aromatic carbocycles. The Labute approximate surface area is 143 Å². The molecule has 1 unspecified atom stereocenters. The Hall–Kier alpha value is -2.09. The minimum atomic E-state index is -0.234. The van der Waals surface area contributed by atoms with Crippen molar-refractivity contribution in [3.05, 3.63) is 48.0 Å². The average Bonchev–Trinajstić information content (AvgIpc) is 3.25. The van der Waals surface area contributed by atoms with Crippen LogP contribution in [0.1, 0.15) is 11.9 Å². The standard InChI is InChI=1S/C17H17FN4OS/c1-22-9-8-19-10-13(22)16-20-17(23-21-16)15-7-6-14(24-15)11-2-4-12(18)5-3-11/h2-7,13,19H,8-10H2,1H3. The van der Waals surface area contributed by atoms with Gasteiger partial charge in [-0.25, -0.2) is 4.39 Å². The van der Waals surface area contributed by atoms with Gasteiger partial charge in [0.05, 0.1) is 10.9 Å². The molecule has 2 aromatic heterocycles. The molecule has 0 spiro atoms. The summed E-state index contributed by atoms with van der Waals surface area (Å²) in [6.07, 6.45) is 0. The van der Waals surface area contributed by atoms with Gasteiger partial charge in [-0.2, -0.15) is 4.98 Å². The molecule has 1 atom stereocenters. The van der Waals surface area contributed by atoms with Crippen LogP contribution in [0.15, 0.2) is 40.9 Å². The molecular formula is C17H17FN4OS. The molecule has 0 bridgehead atoms. The Bertz CT molecular complexity index is 829. The molecule has 3 heterocycles. The van der Waals surface area contributed by atoms with Crippen molar-refractivity contribution in [1.82, 2.24) is 20.4 Å². The van der Waals surface area contributed by atoms with Crippen molar-refractivity contribution < 1.29 is 8.91 Å². The normalized spacial score (nSPS) is 18.8. The number of aromatic nitrogens is 2. The first-order valence-corrected chi connectivity index (χ1v) is 8.63. The van der Waals surface area contributed by atoms with Crippen molar-refractivity contribution in [2.24, 2.45) is 0 Å². The molecule has 4 rings (SSSR count). The Morgan fingerprint density at radius 1 is 1.21 bits per heavy atom. The van der Waals surface area contributed by atoms with Crippen LogP contribution in [-0.4, -0.2) is 41.7 Å². The highest BCUT2D eigenvalue weighted by Crippen LogP contribution is 2.34. The van der Waals surface area contributed by atoms with Crippen molar-refractivity contribution in [2.45, 2.75) is 6.04 Å². The molecule has 0 amide bonds. The highest BCUT2D eigenvalue weighted by molar-refractivity contribution is 7.18. The van der Waals surface area contributed by atoms with Crippen LogP contribution in [0.3, 0.4) is 0 Å². The lowest BCUT2D eigenvalue weighted by Gasteiger charge is -2.30. The van der Waals surface area contributed by atoms with E-state index in [1.165, 1.54) is 12.1 Å². The Kier molecular flexibility index (Phi) is 4.13. The predicted octanol–water partition coefficient (Wildman–Crippen LogP) is 3.18. The minimum absolute atomic E-state index is 0.132. The number of nitrogens with zero attached hydrogens (tertiary/aromatic N) is 3. The number of benzene rings is 1. The summed E-state index contributed by atoms with van der Waals surface area (Å²) < 4.78 is 18.5. The van der Waals surface area contributed by atoms with Crippen molar-refractivity contribution in [1.29, 1.82) is 0 Å². The number of nitrogens with one attached hydrogen (secondary N) is 1. The number of likely N-dealkylation sites (N-methyl/N-ethyl adjacent to an activating group) is 1. The molecule has 5 nitrogen and oxygen atoms in total. The van der Waals surface area contributed by atoms with Crippen molar-refractivity contribution >= 4 is 11.3 Å². The summed E-state index contributed by atoms with van der Waals surface area (Å²) in [4.78, 5) is 8.75. The third-order valence-electron chi connectivity index (χ3n) is 4.20. The molecule has 0 aliphatic carbocycles. The molecule has 124 valence electrons. The van der Waals surface area contributed by atoms with Crippen molar-refractivity contribution in [3.8, 4) is 21.2 Å². The van der Waals surface area contributed by atoms with Gasteiger partial charge in [0.1, 0.15) is 5.82 Å². The van der Waals surface area contributed by atoms with E-state index in [1.807, 2.05) is 12.1 Å². The number of halogens is 1. The second kappa shape index (κ2) is 6.43. The van der Waals surface area contributed by atoms with Crippen LogP contribution in [0.5, 0.6) is 0 Å². The number of piperazine rings is 1. The van der Waals surface area contributed by atoms with Gasteiger partial charge in [0.15, 0.2) is 5.82 Å². The molecule has 1 saturated heterocycles. The fourth-order valence-electron chi connectivity index (χ4n) is 2.79. The quantitative estimate of drug-likeness (QED) is 0.791. The summed E-state index contributed by atoms with van der Waals surface area (Å²) >= 11 is 1.56. The van der Waals surface area contributed by atoms with E-state index in [2.05, 4.69) is 27.4 Å². The summed E-state index contributed by atoms with van der Waals surface area (Å²) in [5, 5.41) is 7.50. The fraction of sp³-hybridized carbons (Fsp3) is 0.294. The van der Waals surface area contributed by atoms with Crippen LogP contribution in [0.25, 0.3) is 21.2 Å². The first-order valence-electron chi connectivity index (χ1n) is 7.81. The van der Waals surface area contributed by atoms with E-state index in [0.717, 1.165) is 35.0 Å². The zero-order valence-electron chi connectivity index (χ0n) is 13.2. The maximum absolute atomic E-state index is 13.0. The van der Waals surface area contributed by atoms with Gasteiger partial charge < -0.3 is 9.84 Å². The smallest absolute Gasteiger partial charge is 0.268 e. The topological polar surface area (TPSA) is 54.2 Å². The lowest BCUT2D eigenvalue weighted by Crippen LogP contribution is -2.44. The van der Waals surface area contributed by atoms with Crippen LogP contribution >= 0.6 is 11.3 Å². The van der Waals surface area contributed by atoms with E-state index in [4.69, 9.17) is 4.52 Å². The Balaban J connectivity index is 1.58. The van der Waals surface area contributed by atoms with Gasteiger partial charge >= 0.3 is 0 Å². The van der Waals surface area contributed by atoms with E-state index in [-0.39, 0.29) is 11.9 Å². The first kappa shape index (κ1) is 15.4. The van der Waals surface area contributed by atoms with Crippen LogP contribution in [-0.2, 0) is 0 Å². The molecule has 1 fully saturated rings. The average molecular weight is 344 g/mol. The van der Waals surface area contributed by atoms with Gasteiger partial charge in [0.25, 0.3) is 5.89 Å². The molecule has 3 aromatic rings. The molecule has 7 heteroatoms. The monoisotopic (exact) mass is 344 g/mol. The maximum Gasteiger partial charge on any atom is 0.268 e. The number of rotatable bonds is 3. The van der Waals surface area contributed by atoms with Gasteiger partial charge in [-0.05, 0) is 36.9 Å². The zero-order chi connectivity index (χ0) is 16.5. The second-order valence-electron chi connectivity index (χ2n) is 5.83. The highest BCUT2D eigenvalue weighted by Gasteiger charge is 2.25. The third kappa shape index (κ3) is 2.98. The number of thiophene rings is 1. The number of hydrogen-bond acceptors (Lipinski definition) is 6. The third-order valence-corrected chi connectivity index (χ3v) is 5.32. The largest absolute Gasteiger partial charge is 0.333 e. The summed E-state index contributed by atoms with van der Waals surface area (Å²) in [6.45, 7) is 2.76. The molecule has 24 heavy (non-hydrogen) atoms. The predicted molar refractivity (Wildman–Crippen MR) is 91.2 cm³/mol. The van der Waals surface area contributed by atoms with E-state index in [9.17, 15) is 4.39 Å². The van der Waals surface area contributed by atoms with E-state index in [1.54, 1.807) is 23.5 Å². The summed E-state index contributed by atoms with van der Waals surface area (Å²) in [5.41, 5.74) is 0.976. The van der Waals surface area contributed by atoms with Gasteiger partial charge in [0, 0.05) is 24.5 Å². The van der Waals surface area contributed by atoms with Gasteiger partial charge in [-0.1, -0.05) is 17.3 Å². The summed E-state index contributed by atoms with van der Waals surface area (Å²) in [6, 6.07) is 10.6. The summed E-state index contributed by atoms with van der Waals surface area (Å²) in [7, 11) is 2.07. The molecule has 1 aliphatic rings. The van der Waals surface area contributed by atoms with E-state index >= 15 is 0 Å². The second-order valence-corrected chi connectivity index (χ2v) is 6.91. The Morgan fingerprint density at radius 3 is 2.79 bits per heavy atom. The first-order chi connectivity index (χ1) is 11.7. The van der Waals surface area contributed by atoms with Gasteiger partial charge in [-0.3, -0.25) is 4.90 Å². The van der Waals surface area contributed by atoms with E-state index < -0.39 is 0 Å². The molecule has 0 saturated carbocycles. The zero-order valence-corrected chi connectivity index (χ0v) is 14.0. The molecular weight excluding hydrogens is 327 g/mol. The number of hydrogen-bond donors (Lipinski definition) is 1. The van der Waals surface area contributed by atoms with Crippen LogP contribution in [0.4, 0.5) is 4.39 Å². The fourth-order valence-corrected chi connectivity index (χ4v) is 3.72. The molecule has 0 radical (unpaired) electrons. The molecule has 1 aliphatic heterocycles. The van der Waals surface area contributed by atoms with Crippen molar-refractivity contribution in [3.63, 3.8) is 0 Å². The lowest BCUT2D eigenvalue weighted by molar-refractivity contribution is 0.190. The lowest BCUT2D eigenvalue weighted by atomic mass is 10.2. The highest BCUT2D eigenvalue weighted by atomic mass is 32.1. The Morgan fingerprint density at radius 2 is 2.00 bits per heavy atom. The van der Waals surface area contributed by atoms with Gasteiger partial charge in [0.2, 0.25) is 0 Å². The van der Waals surface area contributed by atoms with Crippen LogP contribution in [0.2, 0.25) is 0 Å². The minimum Gasteiger partial charge on any atom is -0.333 e. The van der Waals surface area contributed by atoms with Crippen LogP contribution in [0, 0.1) is 5.82 Å².